The smallest absolute Gasteiger partial charge is 0.0705 e. The number of aliphatic hydroxyl groups is 1. The number of hydrogen-bond donors (Lipinski definition) is 1. The average Bonchev–Trinajstić information content (AvgIpc) is 2.17. The molecule has 0 saturated carbocycles. The first kappa shape index (κ1) is 8.20. The van der Waals surface area contributed by atoms with Gasteiger partial charge in [0.25, 0.3) is 0 Å². The molecule has 0 amide bonds. The van der Waals surface area contributed by atoms with Gasteiger partial charge in [-0.15, -0.1) is 0 Å². The van der Waals surface area contributed by atoms with Gasteiger partial charge >= 0.3 is 0 Å². The van der Waals surface area contributed by atoms with E-state index in [9.17, 15) is 0 Å². The summed E-state index contributed by atoms with van der Waals surface area (Å²) in [5.41, 5.74) is 3.00. The van der Waals surface area contributed by atoms with E-state index in [1.807, 2.05) is 37.4 Å². The predicted octanol–water partition coefficient (Wildman–Crippen LogP) is 2.04. The molecule has 1 heterocycles. The number of benzene rings is 1. The molecule has 2 rings (SSSR count). The van der Waals surface area contributed by atoms with Crippen LogP contribution in [0.25, 0.3) is 10.9 Å². The Morgan fingerprint density at radius 2 is 2.23 bits per heavy atom. The highest BCUT2D eigenvalue weighted by atomic mass is 16.3. The quantitative estimate of drug-likeness (QED) is 0.715. The number of nitrogens with zero attached hydrogens (tertiary/aromatic N) is 1. The molecule has 0 aliphatic rings. The van der Waals surface area contributed by atoms with Gasteiger partial charge in [0, 0.05) is 11.6 Å². The van der Waals surface area contributed by atoms with Gasteiger partial charge in [0.15, 0.2) is 0 Å². The Labute approximate surface area is 76.9 Å². The molecule has 2 aromatic rings. The minimum atomic E-state index is 0.0719. The lowest BCUT2D eigenvalue weighted by Crippen LogP contribution is -1.88. The Hall–Kier alpha value is -1.41. The Morgan fingerprint density at radius 1 is 1.38 bits per heavy atom. The van der Waals surface area contributed by atoms with Gasteiger partial charge < -0.3 is 5.11 Å². The zero-order valence-corrected chi connectivity index (χ0v) is 7.49. The summed E-state index contributed by atoms with van der Waals surface area (Å²) in [7, 11) is 0. The van der Waals surface area contributed by atoms with Gasteiger partial charge in [0.05, 0.1) is 12.1 Å². The van der Waals surface area contributed by atoms with E-state index in [1.54, 1.807) is 0 Å². The van der Waals surface area contributed by atoms with E-state index >= 15 is 0 Å². The van der Waals surface area contributed by atoms with Crippen molar-refractivity contribution in [2.75, 3.05) is 0 Å². The molecule has 0 aliphatic heterocycles. The highest BCUT2D eigenvalue weighted by Crippen LogP contribution is 2.17. The Kier molecular flexibility index (Phi) is 1.99. The van der Waals surface area contributed by atoms with E-state index in [2.05, 4.69) is 4.98 Å². The van der Waals surface area contributed by atoms with Crippen LogP contribution in [0.5, 0.6) is 0 Å². The van der Waals surface area contributed by atoms with E-state index in [-0.39, 0.29) is 6.61 Å². The highest BCUT2D eigenvalue weighted by molar-refractivity contribution is 5.82. The first-order valence-electron chi connectivity index (χ1n) is 4.26. The zero-order valence-electron chi connectivity index (χ0n) is 7.49. The highest BCUT2D eigenvalue weighted by Gasteiger charge is 1.99. The van der Waals surface area contributed by atoms with Crippen molar-refractivity contribution in [2.24, 2.45) is 0 Å². The molecule has 0 unspecified atom stereocenters. The number of fused-ring (bicyclic) bond motifs is 1. The molecule has 0 radical (unpaired) electrons. The van der Waals surface area contributed by atoms with Crippen LogP contribution in [0.4, 0.5) is 0 Å². The van der Waals surface area contributed by atoms with Gasteiger partial charge in [-0.2, -0.15) is 0 Å². The third-order valence-corrected chi connectivity index (χ3v) is 2.12. The molecule has 0 fully saturated rings. The topological polar surface area (TPSA) is 33.1 Å². The van der Waals surface area contributed by atoms with Crippen molar-refractivity contribution in [3.63, 3.8) is 0 Å². The third-order valence-electron chi connectivity index (χ3n) is 2.12. The minimum absolute atomic E-state index is 0.0719. The maximum absolute atomic E-state index is 9.10. The number of hydrogen-bond acceptors (Lipinski definition) is 2. The maximum atomic E-state index is 9.10. The van der Waals surface area contributed by atoms with Crippen molar-refractivity contribution < 1.29 is 5.11 Å². The molecule has 1 N–H and O–H groups in total. The number of aryl methyl sites for hydroxylation is 1. The first-order valence-corrected chi connectivity index (χ1v) is 4.26. The van der Waals surface area contributed by atoms with Crippen LogP contribution in [-0.4, -0.2) is 10.1 Å². The lowest BCUT2D eigenvalue weighted by atomic mass is 10.1. The molecular formula is C11H11NO. The van der Waals surface area contributed by atoms with Gasteiger partial charge in [-0.3, -0.25) is 4.98 Å². The van der Waals surface area contributed by atoms with Crippen molar-refractivity contribution in [3.05, 3.63) is 41.6 Å². The maximum Gasteiger partial charge on any atom is 0.0705 e. The average molecular weight is 173 g/mol. The largest absolute Gasteiger partial charge is 0.392 e. The minimum Gasteiger partial charge on any atom is -0.392 e. The van der Waals surface area contributed by atoms with Crippen molar-refractivity contribution in [1.29, 1.82) is 0 Å². The van der Waals surface area contributed by atoms with Gasteiger partial charge in [0.1, 0.15) is 0 Å². The van der Waals surface area contributed by atoms with Crippen LogP contribution in [0.15, 0.2) is 30.5 Å². The fourth-order valence-electron chi connectivity index (χ4n) is 1.45. The van der Waals surface area contributed by atoms with Crippen LogP contribution in [0.2, 0.25) is 0 Å². The van der Waals surface area contributed by atoms with Crippen LogP contribution in [-0.2, 0) is 6.61 Å². The molecule has 0 atom stereocenters. The lowest BCUT2D eigenvalue weighted by molar-refractivity contribution is 0.283. The van der Waals surface area contributed by atoms with E-state index in [0.29, 0.717) is 0 Å². The Morgan fingerprint density at radius 3 is 3.00 bits per heavy atom. The second kappa shape index (κ2) is 3.15. The van der Waals surface area contributed by atoms with Crippen LogP contribution >= 0.6 is 0 Å². The second-order valence-corrected chi connectivity index (χ2v) is 3.15. The van der Waals surface area contributed by atoms with Crippen LogP contribution < -0.4 is 0 Å². The molecule has 66 valence electrons. The lowest BCUT2D eigenvalue weighted by Gasteiger charge is -2.03. The van der Waals surface area contributed by atoms with E-state index in [4.69, 9.17) is 5.11 Å². The standard InChI is InChI=1S/C11H11NO/c1-8-5-10-9(7-13)3-2-4-11(10)12-6-8/h2-6,13H,7H2,1H3. The molecule has 0 bridgehead atoms. The second-order valence-electron chi connectivity index (χ2n) is 3.15. The SMILES string of the molecule is Cc1cnc2cccc(CO)c2c1. The summed E-state index contributed by atoms with van der Waals surface area (Å²) >= 11 is 0. The summed E-state index contributed by atoms with van der Waals surface area (Å²) in [6.45, 7) is 2.07. The number of aromatic nitrogens is 1. The third kappa shape index (κ3) is 1.40. The molecule has 2 nitrogen and oxygen atoms in total. The molecule has 0 aliphatic carbocycles. The van der Waals surface area contributed by atoms with Crippen molar-refractivity contribution in [1.82, 2.24) is 4.98 Å². The van der Waals surface area contributed by atoms with Gasteiger partial charge in [-0.1, -0.05) is 12.1 Å². The number of rotatable bonds is 1. The molecule has 1 aromatic carbocycles. The van der Waals surface area contributed by atoms with Gasteiger partial charge in [-0.25, -0.2) is 0 Å². The fraction of sp³-hybridized carbons (Fsp3) is 0.182. The van der Waals surface area contributed by atoms with Crippen LogP contribution in [0.1, 0.15) is 11.1 Å². The zero-order chi connectivity index (χ0) is 9.26. The van der Waals surface area contributed by atoms with Crippen molar-refractivity contribution >= 4 is 10.9 Å². The van der Waals surface area contributed by atoms with Gasteiger partial charge in [-0.05, 0) is 30.2 Å². The summed E-state index contributed by atoms with van der Waals surface area (Å²) in [4.78, 5) is 4.28. The normalized spacial score (nSPS) is 10.6. The molecule has 2 heteroatoms. The van der Waals surface area contributed by atoms with E-state index < -0.39 is 0 Å². The number of pyridine rings is 1. The molecule has 13 heavy (non-hydrogen) atoms. The number of aliphatic hydroxyl groups excluding tert-OH is 1. The molecule has 1 aromatic heterocycles. The summed E-state index contributed by atoms with van der Waals surface area (Å²) < 4.78 is 0. The van der Waals surface area contributed by atoms with Crippen molar-refractivity contribution in [3.8, 4) is 0 Å². The van der Waals surface area contributed by atoms with Gasteiger partial charge in [0.2, 0.25) is 0 Å². The summed E-state index contributed by atoms with van der Waals surface area (Å²) in [5, 5.41) is 10.1. The van der Waals surface area contributed by atoms with Crippen LogP contribution in [0, 0.1) is 6.92 Å². The monoisotopic (exact) mass is 173 g/mol. The Balaban J connectivity index is 2.79. The summed E-state index contributed by atoms with van der Waals surface area (Å²) in [6, 6.07) is 7.83. The van der Waals surface area contributed by atoms with E-state index in [1.165, 1.54) is 0 Å². The molecular weight excluding hydrogens is 162 g/mol. The fourth-order valence-corrected chi connectivity index (χ4v) is 1.45. The molecule has 0 spiro atoms. The predicted molar refractivity (Wildman–Crippen MR) is 52.4 cm³/mol. The molecule has 0 saturated heterocycles. The summed E-state index contributed by atoms with van der Waals surface area (Å²) in [6.07, 6.45) is 1.84. The van der Waals surface area contributed by atoms with E-state index in [0.717, 1.165) is 22.0 Å². The Bertz CT molecular complexity index is 437. The first-order chi connectivity index (χ1) is 6.31. The van der Waals surface area contributed by atoms with Crippen LogP contribution in [0.3, 0.4) is 0 Å². The summed E-state index contributed by atoms with van der Waals surface area (Å²) in [5.74, 6) is 0. The van der Waals surface area contributed by atoms with Crippen molar-refractivity contribution in [2.45, 2.75) is 13.5 Å².